The van der Waals surface area contributed by atoms with E-state index in [0.29, 0.717) is 13.0 Å². The molecule has 1 atom stereocenters. The normalized spacial score (nSPS) is 20.0. The maximum atomic E-state index is 10.9. The molecule has 88 valence electrons. The summed E-state index contributed by atoms with van der Waals surface area (Å²) in [6.07, 6.45) is 2.38. The fourth-order valence-electron chi connectivity index (χ4n) is 2.34. The molecule has 1 saturated heterocycles. The van der Waals surface area contributed by atoms with Gasteiger partial charge in [-0.2, -0.15) is 0 Å². The summed E-state index contributed by atoms with van der Waals surface area (Å²) in [6, 6.07) is 7.91. The summed E-state index contributed by atoms with van der Waals surface area (Å²) in [5.41, 5.74) is 1.89. The second-order valence-corrected chi connectivity index (χ2v) is 4.41. The third-order valence-corrected chi connectivity index (χ3v) is 3.34. The van der Waals surface area contributed by atoms with Gasteiger partial charge in [0.2, 0.25) is 0 Å². The summed E-state index contributed by atoms with van der Waals surface area (Å²) >= 11 is 0. The van der Waals surface area contributed by atoms with Gasteiger partial charge in [-0.3, -0.25) is 4.79 Å². The number of aliphatic carboxylic acids is 1. The number of rotatable bonds is 2. The summed E-state index contributed by atoms with van der Waals surface area (Å²) in [5, 5.41) is 10.0. The van der Waals surface area contributed by atoms with Crippen molar-refractivity contribution < 1.29 is 14.3 Å². The average molecular weight is 231 g/mol. The maximum absolute atomic E-state index is 10.9. The van der Waals surface area contributed by atoms with Crippen LogP contribution in [-0.4, -0.2) is 24.2 Å². The topological polar surface area (TPSA) is 53.7 Å². The molecule has 1 aliphatic rings. The largest absolute Gasteiger partial charge is 0.481 e. The van der Waals surface area contributed by atoms with Crippen LogP contribution in [0, 0.1) is 5.92 Å². The SMILES string of the molecule is O=C(O)C1CCN(c2ccc3ccoc3c2)C1. The van der Waals surface area contributed by atoms with E-state index >= 15 is 0 Å². The Morgan fingerprint density at radius 2 is 2.29 bits per heavy atom. The molecule has 4 nitrogen and oxygen atoms in total. The number of fused-ring (bicyclic) bond motifs is 1. The highest BCUT2D eigenvalue weighted by atomic mass is 16.4. The molecule has 1 unspecified atom stereocenters. The molecule has 4 heteroatoms. The van der Waals surface area contributed by atoms with Crippen LogP contribution in [0.2, 0.25) is 0 Å². The van der Waals surface area contributed by atoms with Crippen LogP contribution in [0.4, 0.5) is 5.69 Å². The summed E-state index contributed by atoms with van der Waals surface area (Å²) < 4.78 is 5.35. The van der Waals surface area contributed by atoms with Crippen LogP contribution in [0.25, 0.3) is 11.0 Å². The average Bonchev–Trinajstić information content (AvgIpc) is 2.97. The zero-order valence-corrected chi connectivity index (χ0v) is 9.30. The minimum absolute atomic E-state index is 0.248. The van der Waals surface area contributed by atoms with E-state index < -0.39 is 5.97 Å². The molecular formula is C13H13NO3. The van der Waals surface area contributed by atoms with Gasteiger partial charge in [-0.15, -0.1) is 0 Å². The quantitative estimate of drug-likeness (QED) is 0.861. The smallest absolute Gasteiger partial charge is 0.308 e. The van der Waals surface area contributed by atoms with Gasteiger partial charge in [0.1, 0.15) is 5.58 Å². The minimum atomic E-state index is -0.702. The fraction of sp³-hybridized carbons (Fsp3) is 0.308. The standard InChI is InChI=1S/C13H13NO3/c15-13(16)10-3-5-14(8-10)11-2-1-9-4-6-17-12(9)7-11/h1-2,4,6-7,10H,3,5,8H2,(H,15,16). The van der Waals surface area contributed by atoms with Crippen LogP contribution in [0.1, 0.15) is 6.42 Å². The number of anilines is 1. The van der Waals surface area contributed by atoms with Crippen molar-refractivity contribution >= 4 is 22.6 Å². The molecular weight excluding hydrogens is 218 g/mol. The number of carboxylic acid groups (broad SMARTS) is 1. The molecule has 1 aliphatic heterocycles. The second-order valence-electron chi connectivity index (χ2n) is 4.41. The lowest BCUT2D eigenvalue weighted by molar-refractivity contribution is -0.140. The fourth-order valence-corrected chi connectivity index (χ4v) is 2.34. The van der Waals surface area contributed by atoms with Crippen LogP contribution in [0.3, 0.4) is 0 Å². The lowest BCUT2D eigenvalue weighted by atomic mass is 10.1. The number of hydrogen-bond donors (Lipinski definition) is 1. The van der Waals surface area contributed by atoms with Crippen LogP contribution in [0.5, 0.6) is 0 Å². The van der Waals surface area contributed by atoms with Crippen molar-refractivity contribution in [3.63, 3.8) is 0 Å². The number of furan rings is 1. The van der Waals surface area contributed by atoms with E-state index in [0.717, 1.165) is 23.2 Å². The maximum Gasteiger partial charge on any atom is 0.308 e. The van der Waals surface area contributed by atoms with Crippen molar-refractivity contribution in [2.24, 2.45) is 5.92 Å². The Kier molecular flexibility index (Phi) is 2.28. The highest BCUT2D eigenvalue weighted by Crippen LogP contribution is 2.27. The molecule has 1 N–H and O–H groups in total. The predicted molar refractivity (Wildman–Crippen MR) is 64.2 cm³/mol. The first-order valence-corrected chi connectivity index (χ1v) is 5.69. The molecule has 0 bridgehead atoms. The van der Waals surface area contributed by atoms with Gasteiger partial charge in [0, 0.05) is 30.2 Å². The number of nitrogens with zero attached hydrogens (tertiary/aromatic N) is 1. The Morgan fingerprint density at radius 3 is 3.06 bits per heavy atom. The number of carbonyl (C=O) groups is 1. The first-order chi connectivity index (χ1) is 8.24. The number of carboxylic acids is 1. The molecule has 0 radical (unpaired) electrons. The van der Waals surface area contributed by atoms with Crippen molar-refractivity contribution in [1.29, 1.82) is 0 Å². The molecule has 1 fully saturated rings. The summed E-state index contributed by atoms with van der Waals surface area (Å²) in [6.45, 7) is 1.38. The Hall–Kier alpha value is -1.97. The van der Waals surface area contributed by atoms with Gasteiger partial charge >= 0.3 is 5.97 Å². The highest BCUT2D eigenvalue weighted by Gasteiger charge is 2.28. The van der Waals surface area contributed by atoms with E-state index in [1.807, 2.05) is 24.3 Å². The van der Waals surface area contributed by atoms with E-state index in [4.69, 9.17) is 9.52 Å². The third kappa shape index (κ3) is 1.75. The van der Waals surface area contributed by atoms with Crippen LogP contribution >= 0.6 is 0 Å². The van der Waals surface area contributed by atoms with Gasteiger partial charge in [0.05, 0.1) is 12.2 Å². The van der Waals surface area contributed by atoms with Gasteiger partial charge in [-0.05, 0) is 24.6 Å². The Morgan fingerprint density at radius 1 is 1.41 bits per heavy atom. The molecule has 0 spiro atoms. The van der Waals surface area contributed by atoms with Crippen molar-refractivity contribution in [2.75, 3.05) is 18.0 Å². The van der Waals surface area contributed by atoms with Gasteiger partial charge < -0.3 is 14.4 Å². The van der Waals surface area contributed by atoms with Crippen LogP contribution in [0.15, 0.2) is 34.9 Å². The first kappa shape index (κ1) is 10.2. The van der Waals surface area contributed by atoms with Crippen molar-refractivity contribution in [1.82, 2.24) is 0 Å². The van der Waals surface area contributed by atoms with Gasteiger partial charge in [0.25, 0.3) is 0 Å². The Labute approximate surface area is 98.4 Å². The van der Waals surface area contributed by atoms with Crippen LogP contribution < -0.4 is 4.90 Å². The molecule has 0 aliphatic carbocycles. The number of hydrogen-bond acceptors (Lipinski definition) is 3. The lowest BCUT2D eigenvalue weighted by Crippen LogP contribution is -2.22. The lowest BCUT2D eigenvalue weighted by Gasteiger charge is -2.17. The highest BCUT2D eigenvalue weighted by molar-refractivity contribution is 5.81. The van der Waals surface area contributed by atoms with Crippen LogP contribution in [-0.2, 0) is 4.79 Å². The summed E-state index contributed by atoms with van der Waals surface area (Å²) in [5.74, 6) is -0.950. The molecule has 2 aromatic rings. The molecule has 0 amide bonds. The van der Waals surface area contributed by atoms with E-state index in [9.17, 15) is 4.79 Å². The molecule has 3 rings (SSSR count). The van der Waals surface area contributed by atoms with E-state index in [2.05, 4.69) is 4.90 Å². The van der Waals surface area contributed by atoms with E-state index in [1.54, 1.807) is 6.26 Å². The number of benzene rings is 1. The van der Waals surface area contributed by atoms with Crippen molar-refractivity contribution in [3.8, 4) is 0 Å². The summed E-state index contributed by atoms with van der Waals surface area (Å²) in [4.78, 5) is 13.0. The van der Waals surface area contributed by atoms with Crippen molar-refractivity contribution in [2.45, 2.75) is 6.42 Å². The predicted octanol–water partition coefficient (Wildman–Crippen LogP) is 2.34. The van der Waals surface area contributed by atoms with E-state index in [1.165, 1.54) is 0 Å². The second kappa shape index (κ2) is 3.80. The van der Waals surface area contributed by atoms with Gasteiger partial charge in [-0.25, -0.2) is 0 Å². The zero-order valence-electron chi connectivity index (χ0n) is 9.30. The molecule has 1 aromatic heterocycles. The Bertz CT molecular complexity index is 561. The Balaban J connectivity index is 1.87. The molecule has 1 aromatic carbocycles. The van der Waals surface area contributed by atoms with Gasteiger partial charge in [0.15, 0.2) is 0 Å². The zero-order chi connectivity index (χ0) is 11.8. The molecule has 17 heavy (non-hydrogen) atoms. The van der Waals surface area contributed by atoms with Crippen molar-refractivity contribution in [3.05, 3.63) is 30.5 Å². The monoisotopic (exact) mass is 231 g/mol. The first-order valence-electron chi connectivity index (χ1n) is 5.69. The van der Waals surface area contributed by atoms with Gasteiger partial charge in [-0.1, -0.05) is 0 Å². The molecule has 2 heterocycles. The molecule has 0 saturated carbocycles. The minimum Gasteiger partial charge on any atom is -0.481 e. The third-order valence-electron chi connectivity index (χ3n) is 3.34. The van der Waals surface area contributed by atoms with E-state index in [-0.39, 0.29) is 5.92 Å². The summed E-state index contributed by atoms with van der Waals surface area (Å²) in [7, 11) is 0.